The highest BCUT2D eigenvalue weighted by atomic mass is 16.5. The van der Waals surface area contributed by atoms with E-state index in [4.69, 9.17) is 9.84 Å². The molecule has 1 rings (SSSR count). The van der Waals surface area contributed by atoms with E-state index in [1.807, 2.05) is 14.1 Å². The predicted octanol–water partition coefficient (Wildman–Crippen LogP) is 0.904. The van der Waals surface area contributed by atoms with Crippen molar-refractivity contribution in [3.05, 3.63) is 24.0 Å². The Bertz CT molecular complexity index is 290. The van der Waals surface area contributed by atoms with E-state index in [1.54, 1.807) is 18.5 Å². The van der Waals surface area contributed by atoms with Crippen molar-refractivity contribution in [1.29, 1.82) is 0 Å². The van der Waals surface area contributed by atoms with Gasteiger partial charge in [-0.3, -0.25) is 4.98 Å². The Morgan fingerprint density at radius 2 is 2.27 bits per heavy atom. The summed E-state index contributed by atoms with van der Waals surface area (Å²) in [5, 5.41) is 9.03. The van der Waals surface area contributed by atoms with Crippen molar-refractivity contribution in [2.75, 3.05) is 27.2 Å². The van der Waals surface area contributed by atoms with Gasteiger partial charge in [0.2, 0.25) is 0 Å². The Hall–Kier alpha value is -1.13. The number of pyridine rings is 1. The van der Waals surface area contributed by atoms with Crippen LogP contribution >= 0.6 is 0 Å². The van der Waals surface area contributed by atoms with E-state index in [0.717, 1.165) is 24.3 Å². The number of rotatable bonds is 6. The molecule has 4 heteroatoms. The molecule has 0 aliphatic heterocycles. The fraction of sp³-hybridized carbons (Fsp3) is 0.545. The largest absolute Gasteiger partial charge is 0.493 e. The molecule has 0 saturated heterocycles. The lowest BCUT2D eigenvalue weighted by atomic mass is 10.3. The van der Waals surface area contributed by atoms with Crippen LogP contribution in [0.3, 0.4) is 0 Å². The molecule has 0 atom stereocenters. The molecule has 15 heavy (non-hydrogen) atoms. The zero-order chi connectivity index (χ0) is 11.1. The molecule has 0 fully saturated rings. The molecule has 0 aromatic carbocycles. The van der Waals surface area contributed by atoms with Gasteiger partial charge in [0.15, 0.2) is 0 Å². The normalized spacial score (nSPS) is 10.7. The highest BCUT2D eigenvalue weighted by molar-refractivity contribution is 5.29. The Labute approximate surface area is 90.5 Å². The molecule has 0 unspecified atom stereocenters. The first-order valence-electron chi connectivity index (χ1n) is 5.05. The number of aliphatic hydroxyl groups is 1. The summed E-state index contributed by atoms with van der Waals surface area (Å²) in [6.07, 6.45) is 4.27. The molecular weight excluding hydrogens is 192 g/mol. The monoisotopic (exact) mass is 210 g/mol. The molecule has 1 N–H and O–H groups in total. The summed E-state index contributed by atoms with van der Waals surface area (Å²) in [5.74, 6) is 0.728. The minimum atomic E-state index is -0.0309. The first-order valence-corrected chi connectivity index (χ1v) is 5.05. The van der Waals surface area contributed by atoms with E-state index in [1.165, 1.54) is 0 Å². The van der Waals surface area contributed by atoms with Crippen LogP contribution in [0.15, 0.2) is 18.5 Å². The van der Waals surface area contributed by atoms with Crippen molar-refractivity contribution in [3.63, 3.8) is 0 Å². The smallest absolute Gasteiger partial charge is 0.127 e. The molecule has 1 heterocycles. The second-order valence-electron chi connectivity index (χ2n) is 3.65. The second kappa shape index (κ2) is 6.37. The molecule has 0 amide bonds. The summed E-state index contributed by atoms with van der Waals surface area (Å²) in [4.78, 5) is 6.04. The van der Waals surface area contributed by atoms with Crippen LogP contribution in [-0.2, 0) is 6.61 Å². The third-order valence-electron chi connectivity index (χ3n) is 2.04. The summed E-state index contributed by atoms with van der Waals surface area (Å²) in [5.41, 5.74) is 0.738. The Morgan fingerprint density at radius 1 is 1.47 bits per heavy atom. The summed E-state index contributed by atoms with van der Waals surface area (Å²) in [6.45, 7) is 1.63. The molecule has 4 nitrogen and oxygen atoms in total. The lowest BCUT2D eigenvalue weighted by Crippen LogP contribution is -2.15. The van der Waals surface area contributed by atoms with Gasteiger partial charge in [0, 0.05) is 24.5 Å². The number of hydrogen-bond donors (Lipinski definition) is 1. The average Bonchev–Trinajstić information content (AvgIpc) is 2.24. The fourth-order valence-electron chi connectivity index (χ4n) is 1.24. The number of aromatic nitrogens is 1. The van der Waals surface area contributed by atoms with Crippen molar-refractivity contribution >= 4 is 0 Å². The molecule has 0 aliphatic carbocycles. The molecule has 84 valence electrons. The SMILES string of the molecule is CN(C)CCCOc1ccncc1CO. The summed E-state index contributed by atoms with van der Waals surface area (Å²) >= 11 is 0. The van der Waals surface area contributed by atoms with Crippen LogP contribution in [0.2, 0.25) is 0 Å². The summed E-state index contributed by atoms with van der Waals surface area (Å²) in [6, 6.07) is 1.78. The third-order valence-corrected chi connectivity index (χ3v) is 2.04. The van der Waals surface area contributed by atoms with E-state index in [0.29, 0.717) is 6.61 Å². The van der Waals surface area contributed by atoms with Crippen molar-refractivity contribution in [2.45, 2.75) is 13.0 Å². The van der Waals surface area contributed by atoms with Gasteiger partial charge in [-0.1, -0.05) is 0 Å². The minimum absolute atomic E-state index is 0.0309. The summed E-state index contributed by atoms with van der Waals surface area (Å²) < 4.78 is 5.55. The maximum atomic E-state index is 9.03. The van der Waals surface area contributed by atoms with Gasteiger partial charge >= 0.3 is 0 Å². The average molecular weight is 210 g/mol. The zero-order valence-corrected chi connectivity index (χ0v) is 9.31. The molecule has 1 aromatic heterocycles. The van der Waals surface area contributed by atoms with E-state index >= 15 is 0 Å². The quantitative estimate of drug-likeness (QED) is 0.709. The van der Waals surface area contributed by atoms with Crippen LogP contribution in [0, 0.1) is 0 Å². The topological polar surface area (TPSA) is 45.6 Å². The number of aliphatic hydroxyl groups excluding tert-OH is 1. The predicted molar refractivity (Wildman–Crippen MR) is 58.8 cm³/mol. The van der Waals surface area contributed by atoms with Gasteiger partial charge in [-0.25, -0.2) is 0 Å². The maximum Gasteiger partial charge on any atom is 0.127 e. The van der Waals surface area contributed by atoms with Crippen LogP contribution in [0.4, 0.5) is 0 Å². The van der Waals surface area contributed by atoms with E-state index in [-0.39, 0.29) is 6.61 Å². The molecule has 1 aromatic rings. The van der Waals surface area contributed by atoms with Gasteiger partial charge in [-0.15, -0.1) is 0 Å². The highest BCUT2D eigenvalue weighted by Crippen LogP contribution is 2.16. The van der Waals surface area contributed by atoms with Gasteiger partial charge in [0.05, 0.1) is 13.2 Å². The molecule has 0 spiro atoms. The minimum Gasteiger partial charge on any atom is -0.493 e. The van der Waals surface area contributed by atoms with Crippen LogP contribution in [0.25, 0.3) is 0 Å². The first-order chi connectivity index (χ1) is 7.24. The van der Waals surface area contributed by atoms with Crippen molar-refractivity contribution in [2.24, 2.45) is 0 Å². The molecule has 0 bridgehead atoms. The van der Waals surface area contributed by atoms with Crippen LogP contribution in [0.1, 0.15) is 12.0 Å². The lowest BCUT2D eigenvalue weighted by Gasteiger charge is -2.11. The van der Waals surface area contributed by atoms with E-state index in [9.17, 15) is 0 Å². The Balaban J connectivity index is 2.36. The van der Waals surface area contributed by atoms with E-state index < -0.39 is 0 Å². The number of hydrogen-bond acceptors (Lipinski definition) is 4. The van der Waals surface area contributed by atoms with Gasteiger partial charge in [0.25, 0.3) is 0 Å². The van der Waals surface area contributed by atoms with Crippen LogP contribution in [-0.4, -0.2) is 42.2 Å². The van der Waals surface area contributed by atoms with Crippen molar-refractivity contribution < 1.29 is 9.84 Å². The first kappa shape index (κ1) is 11.9. The van der Waals surface area contributed by atoms with Gasteiger partial charge < -0.3 is 14.7 Å². The standard InChI is InChI=1S/C11H18N2O2/c1-13(2)6-3-7-15-11-4-5-12-8-10(11)9-14/h4-5,8,14H,3,6-7,9H2,1-2H3. The number of ether oxygens (including phenoxy) is 1. The second-order valence-corrected chi connectivity index (χ2v) is 3.65. The maximum absolute atomic E-state index is 9.03. The van der Waals surface area contributed by atoms with E-state index in [2.05, 4.69) is 9.88 Å². The highest BCUT2D eigenvalue weighted by Gasteiger charge is 2.01. The van der Waals surface area contributed by atoms with Crippen molar-refractivity contribution in [3.8, 4) is 5.75 Å². The van der Waals surface area contributed by atoms with Gasteiger partial charge in [-0.2, -0.15) is 0 Å². The molecule has 0 radical (unpaired) electrons. The van der Waals surface area contributed by atoms with Crippen molar-refractivity contribution in [1.82, 2.24) is 9.88 Å². The van der Waals surface area contributed by atoms with Crippen LogP contribution < -0.4 is 4.74 Å². The van der Waals surface area contributed by atoms with Gasteiger partial charge in [0.1, 0.15) is 5.75 Å². The fourth-order valence-corrected chi connectivity index (χ4v) is 1.24. The lowest BCUT2D eigenvalue weighted by molar-refractivity contribution is 0.253. The summed E-state index contributed by atoms with van der Waals surface area (Å²) in [7, 11) is 4.07. The molecule has 0 saturated carbocycles. The zero-order valence-electron chi connectivity index (χ0n) is 9.31. The molecular formula is C11H18N2O2. The number of nitrogens with zero attached hydrogens (tertiary/aromatic N) is 2. The van der Waals surface area contributed by atoms with Crippen LogP contribution in [0.5, 0.6) is 5.75 Å². The Kier molecular flexibility index (Phi) is 5.07. The third kappa shape index (κ3) is 4.27. The Morgan fingerprint density at radius 3 is 2.93 bits per heavy atom. The molecule has 0 aliphatic rings. The van der Waals surface area contributed by atoms with Gasteiger partial charge in [-0.05, 0) is 26.6 Å².